The summed E-state index contributed by atoms with van der Waals surface area (Å²) in [5.41, 5.74) is 0.717. The zero-order chi connectivity index (χ0) is 12.9. The molecule has 0 unspecified atom stereocenters. The van der Waals surface area contributed by atoms with Crippen molar-refractivity contribution in [1.29, 1.82) is 0 Å². The van der Waals surface area contributed by atoms with Crippen LogP contribution in [0.3, 0.4) is 0 Å². The highest BCUT2D eigenvalue weighted by atomic mass is 16.6. The number of hydrogen-bond donors (Lipinski definition) is 2. The summed E-state index contributed by atoms with van der Waals surface area (Å²) in [6, 6.07) is 4.18. The summed E-state index contributed by atoms with van der Waals surface area (Å²) in [6.45, 7) is 0. The normalized spacial score (nSPS) is 18.7. The van der Waals surface area contributed by atoms with Gasteiger partial charge in [-0.05, 0) is 15.9 Å². The number of carbonyl (C=O) groups is 2. The molecule has 2 N–H and O–H groups in total. The summed E-state index contributed by atoms with van der Waals surface area (Å²) in [7, 11) is 0. The van der Waals surface area contributed by atoms with Crippen LogP contribution in [0.5, 0.6) is 0 Å². The fraction of sp³-hybridized carbons (Fsp3) is 0.200. The van der Waals surface area contributed by atoms with Crippen LogP contribution < -0.4 is 4.65 Å². The van der Waals surface area contributed by atoms with Crippen LogP contribution in [0.15, 0.2) is 18.2 Å². The van der Waals surface area contributed by atoms with E-state index in [9.17, 15) is 20.0 Å². The minimum Gasteiger partial charge on any atom is -0.410 e. The molecule has 0 spiro atoms. The van der Waals surface area contributed by atoms with Gasteiger partial charge in [-0.15, -0.1) is 5.10 Å². The van der Waals surface area contributed by atoms with Crippen molar-refractivity contribution in [2.45, 2.75) is 12.8 Å². The molecular weight excluding hydrogens is 240 g/mol. The second-order valence-corrected chi connectivity index (χ2v) is 4.07. The lowest BCUT2D eigenvalue weighted by molar-refractivity contribution is -0.168. The molecular formula is C10H9N4O4+. The molecule has 1 fully saturated rings. The topological polar surface area (TPSA) is 105 Å². The van der Waals surface area contributed by atoms with E-state index < -0.39 is 16.5 Å². The lowest BCUT2D eigenvalue weighted by Crippen LogP contribution is -2.50. The van der Waals surface area contributed by atoms with Crippen LogP contribution in [-0.2, 0) is 9.59 Å². The Balaban J connectivity index is 2.20. The SMILES string of the molecule is O=C1CCC(=O)[N+]1(O)c1ccc2c(c1)nnn2O. The number of imide groups is 1. The van der Waals surface area contributed by atoms with Crippen molar-refractivity contribution in [3.8, 4) is 0 Å². The van der Waals surface area contributed by atoms with Crippen LogP contribution >= 0.6 is 0 Å². The van der Waals surface area contributed by atoms with E-state index in [1.165, 1.54) is 18.2 Å². The first-order valence-electron chi connectivity index (χ1n) is 5.27. The summed E-state index contributed by atoms with van der Waals surface area (Å²) in [5, 5.41) is 26.5. The van der Waals surface area contributed by atoms with Crippen LogP contribution in [0.2, 0.25) is 0 Å². The van der Waals surface area contributed by atoms with Gasteiger partial charge in [0.2, 0.25) is 0 Å². The molecule has 1 aromatic heterocycles. The predicted molar refractivity (Wildman–Crippen MR) is 57.5 cm³/mol. The van der Waals surface area contributed by atoms with Crippen molar-refractivity contribution in [2.75, 3.05) is 0 Å². The summed E-state index contributed by atoms with van der Waals surface area (Å²) in [6.07, 6.45) is 0.0279. The molecule has 1 aliphatic rings. The van der Waals surface area contributed by atoms with E-state index in [-0.39, 0.29) is 24.0 Å². The first kappa shape index (κ1) is 10.8. The third-order valence-electron chi connectivity index (χ3n) is 3.06. The fourth-order valence-electron chi connectivity index (χ4n) is 2.07. The fourth-order valence-corrected chi connectivity index (χ4v) is 2.07. The van der Waals surface area contributed by atoms with E-state index in [4.69, 9.17) is 0 Å². The van der Waals surface area contributed by atoms with Crippen LogP contribution in [0.25, 0.3) is 11.0 Å². The average Bonchev–Trinajstić information content (AvgIpc) is 2.86. The highest BCUT2D eigenvalue weighted by molar-refractivity contribution is 6.12. The lowest BCUT2D eigenvalue weighted by atomic mass is 10.2. The third-order valence-corrected chi connectivity index (χ3v) is 3.06. The van der Waals surface area contributed by atoms with Crippen molar-refractivity contribution < 1.29 is 20.0 Å². The standard InChI is InChI=1S/C10H9N4O4/c15-9-3-4-10(16)14(9,18)6-1-2-8-7(5-6)11-12-13(8)17/h1-2,5,17-18H,3-4H2/q+1. The van der Waals surface area contributed by atoms with Gasteiger partial charge in [-0.25, -0.2) is 9.59 Å². The number of nitrogens with zero attached hydrogens (tertiary/aromatic N) is 4. The zero-order valence-corrected chi connectivity index (χ0v) is 9.15. The highest BCUT2D eigenvalue weighted by Gasteiger charge is 2.52. The van der Waals surface area contributed by atoms with Crippen LogP contribution in [0.4, 0.5) is 5.69 Å². The number of hydroxylamine groups is 2. The van der Waals surface area contributed by atoms with E-state index in [0.29, 0.717) is 10.4 Å². The molecule has 2 aromatic rings. The molecule has 0 radical (unpaired) electrons. The van der Waals surface area contributed by atoms with Gasteiger partial charge in [-0.2, -0.15) is 5.21 Å². The maximum atomic E-state index is 11.7. The van der Waals surface area contributed by atoms with Gasteiger partial charge >= 0.3 is 11.8 Å². The van der Waals surface area contributed by atoms with Gasteiger partial charge in [0.1, 0.15) is 11.0 Å². The van der Waals surface area contributed by atoms with E-state index in [0.717, 1.165) is 0 Å². The minimum absolute atomic E-state index is 0.0139. The molecule has 92 valence electrons. The Morgan fingerprint density at radius 2 is 1.89 bits per heavy atom. The number of benzene rings is 1. The number of rotatable bonds is 1. The Bertz CT molecular complexity index is 662. The van der Waals surface area contributed by atoms with Crippen molar-refractivity contribution in [3.63, 3.8) is 0 Å². The number of quaternary nitrogens is 1. The van der Waals surface area contributed by atoms with E-state index in [2.05, 4.69) is 10.3 Å². The van der Waals surface area contributed by atoms with E-state index in [1.54, 1.807) is 0 Å². The summed E-state index contributed by atoms with van der Waals surface area (Å²) < 4.78 is -1.34. The van der Waals surface area contributed by atoms with Gasteiger partial charge in [0.05, 0.1) is 12.8 Å². The summed E-state index contributed by atoms with van der Waals surface area (Å²) in [5.74, 6) is -1.15. The second kappa shape index (κ2) is 3.34. The Kier molecular flexibility index (Phi) is 2.01. The summed E-state index contributed by atoms with van der Waals surface area (Å²) >= 11 is 0. The van der Waals surface area contributed by atoms with Crippen LogP contribution in [0, 0.1) is 0 Å². The molecule has 8 heteroatoms. The van der Waals surface area contributed by atoms with Gasteiger partial charge in [0, 0.05) is 12.1 Å². The molecule has 8 nitrogen and oxygen atoms in total. The van der Waals surface area contributed by atoms with Crippen LogP contribution in [0.1, 0.15) is 12.8 Å². The van der Waals surface area contributed by atoms with Gasteiger partial charge in [-0.3, -0.25) is 0 Å². The highest BCUT2D eigenvalue weighted by Crippen LogP contribution is 2.31. The average molecular weight is 249 g/mol. The van der Waals surface area contributed by atoms with E-state index in [1.807, 2.05) is 0 Å². The quantitative estimate of drug-likeness (QED) is 0.324. The number of amides is 2. The molecule has 0 atom stereocenters. The molecule has 2 heterocycles. The molecule has 1 aliphatic heterocycles. The largest absolute Gasteiger partial charge is 0.410 e. The summed E-state index contributed by atoms with van der Waals surface area (Å²) in [4.78, 5) is 23.9. The molecule has 0 bridgehead atoms. The van der Waals surface area contributed by atoms with Crippen molar-refractivity contribution in [3.05, 3.63) is 18.2 Å². The molecule has 3 rings (SSSR count). The zero-order valence-electron chi connectivity index (χ0n) is 9.15. The molecule has 1 aromatic carbocycles. The molecule has 18 heavy (non-hydrogen) atoms. The Labute approximate surface area is 100 Å². The second-order valence-electron chi connectivity index (χ2n) is 4.07. The number of fused-ring (bicyclic) bond motifs is 1. The molecule has 0 saturated carbocycles. The lowest BCUT2D eigenvalue weighted by Gasteiger charge is -2.18. The molecule has 0 aliphatic carbocycles. The number of carbonyl (C=O) groups excluding carboxylic acids is 2. The minimum atomic E-state index is -1.34. The Hall–Kier alpha value is -2.32. The number of aromatic nitrogens is 3. The number of hydrogen-bond acceptors (Lipinski definition) is 6. The van der Waals surface area contributed by atoms with E-state index >= 15 is 0 Å². The first-order valence-corrected chi connectivity index (χ1v) is 5.27. The Morgan fingerprint density at radius 1 is 1.22 bits per heavy atom. The van der Waals surface area contributed by atoms with Crippen molar-refractivity contribution in [2.24, 2.45) is 0 Å². The van der Waals surface area contributed by atoms with Gasteiger partial charge < -0.3 is 5.21 Å². The van der Waals surface area contributed by atoms with Gasteiger partial charge in [0.15, 0.2) is 5.69 Å². The maximum absolute atomic E-state index is 11.7. The monoisotopic (exact) mass is 249 g/mol. The van der Waals surface area contributed by atoms with Gasteiger partial charge in [0.25, 0.3) is 0 Å². The molecule has 1 saturated heterocycles. The van der Waals surface area contributed by atoms with Gasteiger partial charge in [-0.1, -0.05) is 4.85 Å². The predicted octanol–water partition coefficient (Wildman–Crippen LogP) is 0.212. The first-order chi connectivity index (χ1) is 8.53. The van der Waals surface area contributed by atoms with Crippen LogP contribution in [-0.4, -0.2) is 37.4 Å². The molecule has 2 amide bonds. The maximum Gasteiger partial charge on any atom is 0.359 e. The van der Waals surface area contributed by atoms with Crippen molar-refractivity contribution in [1.82, 2.24) is 19.8 Å². The van der Waals surface area contributed by atoms with Crippen molar-refractivity contribution >= 4 is 28.5 Å². The third kappa shape index (κ3) is 1.21. The Morgan fingerprint density at radius 3 is 2.56 bits per heavy atom. The smallest absolute Gasteiger partial charge is 0.359 e.